The predicted molar refractivity (Wildman–Crippen MR) is 85.1 cm³/mol. The second-order valence-electron chi connectivity index (χ2n) is 4.87. The van der Waals surface area contributed by atoms with Crippen LogP contribution >= 0.6 is 11.8 Å². The average molecular weight is 330 g/mol. The van der Waals surface area contributed by atoms with Gasteiger partial charge in [0.15, 0.2) is 11.0 Å². The molecule has 0 bridgehead atoms. The molecule has 0 amide bonds. The lowest BCUT2D eigenvalue weighted by Crippen LogP contribution is -2.08. The van der Waals surface area contributed by atoms with E-state index >= 15 is 0 Å². The molecule has 0 aliphatic rings. The molecule has 3 aromatic rings. The molecule has 8 heteroatoms. The number of nitrogens with zero attached hydrogens (tertiary/aromatic N) is 4. The van der Waals surface area contributed by atoms with E-state index in [-0.39, 0.29) is 5.56 Å². The molecule has 0 unspecified atom stereocenters. The van der Waals surface area contributed by atoms with Gasteiger partial charge in [-0.05, 0) is 32.2 Å². The van der Waals surface area contributed by atoms with Gasteiger partial charge in [-0.3, -0.25) is 4.57 Å². The van der Waals surface area contributed by atoms with Gasteiger partial charge in [0.2, 0.25) is 0 Å². The molecule has 23 heavy (non-hydrogen) atoms. The van der Waals surface area contributed by atoms with Gasteiger partial charge in [-0.1, -0.05) is 29.1 Å². The molecule has 0 fully saturated rings. The summed E-state index contributed by atoms with van der Waals surface area (Å²) in [6.07, 6.45) is 1.86. The first-order chi connectivity index (χ1) is 11.0. The molecule has 1 N–H and O–H groups in total. The third-order valence-electron chi connectivity index (χ3n) is 3.45. The monoisotopic (exact) mass is 330 g/mol. The fourth-order valence-corrected chi connectivity index (χ4v) is 2.92. The van der Waals surface area contributed by atoms with E-state index in [4.69, 9.17) is 4.52 Å². The van der Waals surface area contributed by atoms with Crippen molar-refractivity contribution in [2.45, 2.75) is 19.0 Å². The zero-order valence-corrected chi connectivity index (χ0v) is 13.6. The smallest absolute Gasteiger partial charge is 0.337 e. The van der Waals surface area contributed by atoms with Crippen molar-refractivity contribution in [3.8, 4) is 17.1 Å². The summed E-state index contributed by atoms with van der Waals surface area (Å²) in [7, 11) is 0. The molecular weight excluding hydrogens is 316 g/mol. The number of thioether (sulfide) groups is 1. The molecular formula is C15H14N4O3S. The number of aryl methyl sites for hydroxylation is 2. The Kier molecular flexibility index (Phi) is 3.91. The lowest BCUT2D eigenvalue weighted by molar-refractivity contribution is 0.0697. The van der Waals surface area contributed by atoms with Gasteiger partial charge in [0.25, 0.3) is 0 Å². The molecule has 7 nitrogen and oxygen atoms in total. The number of carboxylic acid groups (broad SMARTS) is 1. The highest BCUT2D eigenvalue weighted by molar-refractivity contribution is 7.98. The van der Waals surface area contributed by atoms with Crippen LogP contribution in [0.1, 0.15) is 21.8 Å². The summed E-state index contributed by atoms with van der Waals surface area (Å²) in [4.78, 5) is 11.6. The molecule has 0 aliphatic carbocycles. The number of hydrogen-bond acceptors (Lipinski definition) is 6. The van der Waals surface area contributed by atoms with Crippen molar-refractivity contribution in [3.05, 3.63) is 41.3 Å². The fourth-order valence-electron chi connectivity index (χ4n) is 2.43. The van der Waals surface area contributed by atoms with Crippen molar-refractivity contribution in [2.75, 3.05) is 6.26 Å². The highest BCUT2D eigenvalue weighted by Gasteiger charge is 2.24. The Hall–Kier alpha value is -2.61. The van der Waals surface area contributed by atoms with Crippen LogP contribution in [0.15, 0.2) is 33.9 Å². The van der Waals surface area contributed by atoms with Crippen LogP contribution in [-0.2, 0) is 0 Å². The Labute approximate surface area is 136 Å². The molecule has 0 radical (unpaired) electrons. The maximum atomic E-state index is 11.6. The first-order valence-corrected chi connectivity index (χ1v) is 8.02. The average Bonchev–Trinajstić information content (AvgIpc) is 3.10. The van der Waals surface area contributed by atoms with E-state index in [1.54, 1.807) is 35.8 Å². The van der Waals surface area contributed by atoms with Gasteiger partial charge < -0.3 is 9.63 Å². The highest BCUT2D eigenvalue weighted by Crippen LogP contribution is 2.32. The number of benzene rings is 1. The summed E-state index contributed by atoms with van der Waals surface area (Å²) in [5.41, 5.74) is 2.08. The van der Waals surface area contributed by atoms with Crippen molar-refractivity contribution in [1.82, 2.24) is 19.9 Å². The highest BCUT2D eigenvalue weighted by atomic mass is 32.2. The van der Waals surface area contributed by atoms with Crippen molar-refractivity contribution in [1.29, 1.82) is 0 Å². The minimum Gasteiger partial charge on any atom is -0.478 e. The lowest BCUT2D eigenvalue weighted by atomic mass is 10.1. The SMILES string of the molecule is CSc1nnc(-c2c(C)noc2C)n1-c1ccccc1C(=O)O. The summed E-state index contributed by atoms with van der Waals surface area (Å²) in [6, 6.07) is 6.75. The Morgan fingerprint density at radius 2 is 2.00 bits per heavy atom. The molecule has 118 valence electrons. The molecule has 3 rings (SSSR count). The third kappa shape index (κ3) is 2.50. The number of para-hydroxylation sites is 1. The number of aromatic nitrogens is 4. The van der Waals surface area contributed by atoms with Crippen molar-refractivity contribution in [3.63, 3.8) is 0 Å². The fraction of sp³-hybridized carbons (Fsp3) is 0.200. The minimum atomic E-state index is -1.01. The summed E-state index contributed by atoms with van der Waals surface area (Å²) < 4.78 is 6.93. The largest absolute Gasteiger partial charge is 0.478 e. The summed E-state index contributed by atoms with van der Waals surface area (Å²) in [6.45, 7) is 3.60. The van der Waals surface area contributed by atoms with Crippen molar-refractivity contribution in [2.24, 2.45) is 0 Å². The first kappa shape index (κ1) is 15.3. The van der Waals surface area contributed by atoms with Gasteiger partial charge in [-0.2, -0.15) is 0 Å². The van der Waals surface area contributed by atoms with Gasteiger partial charge >= 0.3 is 5.97 Å². The molecule has 0 spiro atoms. The molecule has 2 heterocycles. The van der Waals surface area contributed by atoms with E-state index in [2.05, 4.69) is 15.4 Å². The number of aromatic carboxylic acids is 1. The van der Waals surface area contributed by atoms with Crippen LogP contribution in [0.3, 0.4) is 0 Å². The third-order valence-corrected chi connectivity index (χ3v) is 4.08. The van der Waals surface area contributed by atoms with Gasteiger partial charge in [-0.25, -0.2) is 4.79 Å². The quantitative estimate of drug-likeness (QED) is 0.735. The maximum Gasteiger partial charge on any atom is 0.337 e. The first-order valence-electron chi connectivity index (χ1n) is 6.80. The van der Waals surface area contributed by atoms with Crippen LogP contribution in [-0.4, -0.2) is 37.3 Å². The molecule has 0 saturated heterocycles. The van der Waals surface area contributed by atoms with Crippen LogP contribution in [0.4, 0.5) is 0 Å². The van der Waals surface area contributed by atoms with Gasteiger partial charge in [0, 0.05) is 0 Å². The van der Waals surface area contributed by atoms with E-state index in [0.717, 1.165) is 5.56 Å². The second-order valence-corrected chi connectivity index (χ2v) is 5.64. The molecule has 0 aliphatic heterocycles. The van der Waals surface area contributed by atoms with E-state index in [0.29, 0.717) is 28.1 Å². The normalized spacial score (nSPS) is 10.9. The summed E-state index contributed by atoms with van der Waals surface area (Å²) in [5, 5.41) is 22.4. The Balaban J connectivity index is 2.33. The zero-order chi connectivity index (χ0) is 16.6. The van der Waals surface area contributed by atoms with Crippen LogP contribution in [0.2, 0.25) is 0 Å². The molecule has 1 aromatic carbocycles. The summed E-state index contributed by atoms with van der Waals surface area (Å²) in [5.74, 6) is 0.113. The van der Waals surface area contributed by atoms with E-state index in [9.17, 15) is 9.90 Å². The number of carbonyl (C=O) groups is 1. The van der Waals surface area contributed by atoms with Crippen LogP contribution in [0, 0.1) is 13.8 Å². The summed E-state index contributed by atoms with van der Waals surface area (Å²) >= 11 is 1.39. The van der Waals surface area contributed by atoms with Crippen molar-refractivity contribution >= 4 is 17.7 Å². The van der Waals surface area contributed by atoms with E-state index in [1.807, 2.05) is 13.2 Å². The predicted octanol–water partition coefficient (Wildman–Crippen LogP) is 2.96. The van der Waals surface area contributed by atoms with Gasteiger partial charge in [-0.15, -0.1) is 10.2 Å². The van der Waals surface area contributed by atoms with Crippen molar-refractivity contribution < 1.29 is 14.4 Å². The Morgan fingerprint density at radius 3 is 2.61 bits per heavy atom. The Bertz CT molecular complexity index is 865. The number of rotatable bonds is 4. The standard InChI is InChI=1S/C15H14N4O3S/c1-8-12(9(2)22-18-8)13-16-17-15(23-3)19(13)11-7-5-4-6-10(11)14(20)21/h4-7H,1-3H3,(H,20,21). The molecule has 0 saturated carbocycles. The van der Waals surface area contributed by atoms with Crippen LogP contribution < -0.4 is 0 Å². The van der Waals surface area contributed by atoms with Crippen LogP contribution in [0.5, 0.6) is 0 Å². The number of hydrogen-bond donors (Lipinski definition) is 1. The maximum absolute atomic E-state index is 11.6. The zero-order valence-electron chi connectivity index (χ0n) is 12.8. The van der Waals surface area contributed by atoms with Gasteiger partial charge in [0.1, 0.15) is 5.76 Å². The van der Waals surface area contributed by atoms with Crippen LogP contribution in [0.25, 0.3) is 17.1 Å². The minimum absolute atomic E-state index is 0.176. The number of carboxylic acids is 1. The lowest BCUT2D eigenvalue weighted by Gasteiger charge is -2.11. The van der Waals surface area contributed by atoms with E-state index in [1.165, 1.54) is 11.8 Å². The molecule has 0 atom stereocenters. The molecule has 2 aromatic heterocycles. The van der Waals surface area contributed by atoms with Gasteiger partial charge in [0.05, 0.1) is 22.5 Å². The van der Waals surface area contributed by atoms with E-state index < -0.39 is 5.97 Å². The second kappa shape index (κ2) is 5.88. The topological polar surface area (TPSA) is 94.0 Å². The Morgan fingerprint density at radius 1 is 1.26 bits per heavy atom.